The minimum absolute atomic E-state index is 0.000234. The molecule has 1 saturated heterocycles. The van der Waals surface area contributed by atoms with Crippen LogP contribution in [-0.4, -0.2) is 42.8 Å². The zero-order chi connectivity index (χ0) is 15.3. The quantitative estimate of drug-likeness (QED) is 0.865. The number of carbonyl (C=O) groups is 1. The van der Waals surface area contributed by atoms with Crippen LogP contribution in [0.3, 0.4) is 0 Å². The normalized spacial score (nSPS) is 18.5. The molecule has 21 heavy (non-hydrogen) atoms. The molecule has 5 nitrogen and oxygen atoms in total. The van der Waals surface area contributed by atoms with Gasteiger partial charge in [-0.3, -0.25) is 4.79 Å². The topological polar surface area (TPSA) is 63.2 Å². The van der Waals surface area contributed by atoms with Crippen LogP contribution in [0.5, 0.6) is 5.88 Å². The van der Waals surface area contributed by atoms with Crippen molar-refractivity contribution in [2.45, 2.75) is 25.1 Å². The predicted octanol–water partition coefficient (Wildman–Crippen LogP) is 1.50. The Morgan fingerprint density at radius 3 is 3.00 bits per heavy atom. The van der Waals surface area contributed by atoms with E-state index in [1.165, 1.54) is 18.3 Å². The van der Waals surface area contributed by atoms with Gasteiger partial charge in [0.1, 0.15) is 5.56 Å². The summed E-state index contributed by atoms with van der Waals surface area (Å²) in [6, 6.07) is 3.06. The minimum atomic E-state index is -4.47. The van der Waals surface area contributed by atoms with E-state index in [2.05, 4.69) is 20.4 Å². The molecule has 2 rings (SSSR count). The number of pyridine rings is 1. The summed E-state index contributed by atoms with van der Waals surface area (Å²) in [6.45, 7) is -0.145. The summed E-state index contributed by atoms with van der Waals surface area (Å²) in [5.74, 6) is -0.805. The van der Waals surface area contributed by atoms with Gasteiger partial charge in [-0.2, -0.15) is 13.2 Å². The molecule has 1 fully saturated rings. The Morgan fingerprint density at radius 2 is 2.33 bits per heavy atom. The minimum Gasteiger partial charge on any atom is -0.467 e. The third kappa shape index (κ3) is 4.89. The molecule has 2 N–H and O–H groups in total. The number of nitrogens with zero attached hydrogens (tertiary/aromatic N) is 1. The average Bonchev–Trinajstić information content (AvgIpc) is 2.95. The van der Waals surface area contributed by atoms with E-state index in [1.807, 2.05) is 0 Å². The van der Waals surface area contributed by atoms with Crippen molar-refractivity contribution < 1.29 is 22.7 Å². The lowest BCUT2D eigenvalue weighted by atomic mass is 10.2. The van der Waals surface area contributed by atoms with Gasteiger partial charge in [0.25, 0.3) is 5.91 Å². The number of hydrogen-bond donors (Lipinski definition) is 2. The Balaban J connectivity index is 1.95. The van der Waals surface area contributed by atoms with Gasteiger partial charge in [-0.15, -0.1) is 0 Å². The van der Waals surface area contributed by atoms with Gasteiger partial charge in [-0.25, -0.2) is 4.98 Å². The van der Waals surface area contributed by atoms with Crippen LogP contribution < -0.4 is 15.4 Å². The number of hydrogen-bond acceptors (Lipinski definition) is 4. The largest absolute Gasteiger partial charge is 0.467 e. The van der Waals surface area contributed by atoms with E-state index in [0.717, 1.165) is 19.4 Å². The van der Waals surface area contributed by atoms with Crippen molar-refractivity contribution in [3.05, 3.63) is 23.9 Å². The number of nitrogens with one attached hydrogen (secondary N) is 2. The van der Waals surface area contributed by atoms with Crippen LogP contribution in [0.25, 0.3) is 0 Å². The fourth-order valence-electron chi connectivity index (χ4n) is 2.07. The highest BCUT2D eigenvalue weighted by Gasteiger charge is 2.29. The number of carbonyl (C=O) groups excluding carboxylic acids is 1. The van der Waals surface area contributed by atoms with E-state index < -0.39 is 18.7 Å². The van der Waals surface area contributed by atoms with E-state index >= 15 is 0 Å². The number of halogens is 3. The van der Waals surface area contributed by atoms with Gasteiger partial charge in [0, 0.05) is 18.8 Å². The van der Waals surface area contributed by atoms with Crippen molar-refractivity contribution in [2.75, 3.05) is 19.7 Å². The second-order valence-electron chi connectivity index (χ2n) is 4.76. The second kappa shape index (κ2) is 6.75. The van der Waals surface area contributed by atoms with E-state index in [-0.39, 0.29) is 17.5 Å². The highest BCUT2D eigenvalue weighted by Crippen LogP contribution is 2.19. The molecule has 1 aliphatic heterocycles. The van der Waals surface area contributed by atoms with Crippen molar-refractivity contribution >= 4 is 5.91 Å². The lowest BCUT2D eigenvalue weighted by Gasteiger charge is -2.14. The van der Waals surface area contributed by atoms with Crippen molar-refractivity contribution in [3.63, 3.8) is 0 Å². The molecule has 2 heterocycles. The molecule has 0 aliphatic carbocycles. The van der Waals surface area contributed by atoms with Crippen LogP contribution in [0.2, 0.25) is 0 Å². The molecule has 1 aromatic rings. The fraction of sp³-hybridized carbons (Fsp3) is 0.538. The van der Waals surface area contributed by atoms with E-state index in [0.29, 0.717) is 6.54 Å². The number of ether oxygens (including phenoxy) is 1. The average molecular weight is 303 g/mol. The van der Waals surface area contributed by atoms with Crippen molar-refractivity contribution in [1.82, 2.24) is 15.6 Å². The highest BCUT2D eigenvalue weighted by molar-refractivity contribution is 5.96. The Kier molecular flexibility index (Phi) is 5.00. The summed E-state index contributed by atoms with van der Waals surface area (Å²) in [4.78, 5) is 15.7. The van der Waals surface area contributed by atoms with E-state index in [1.54, 1.807) is 0 Å². The summed E-state index contributed by atoms with van der Waals surface area (Å²) in [5.41, 5.74) is -0.000234. The standard InChI is InChI=1S/C13H16F3N3O2/c14-13(15,16)8-21-12-10(4-2-6-18-12)11(20)19-7-9-3-1-5-17-9/h2,4,6,9,17H,1,3,5,7-8H2,(H,19,20). The lowest BCUT2D eigenvalue weighted by Crippen LogP contribution is -2.37. The first-order chi connectivity index (χ1) is 9.96. The van der Waals surface area contributed by atoms with Crippen LogP contribution in [0.15, 0.2) is 18.3 Å². The van der Waals surface area contributed by atoms with E-state index in [4.69, 9.17) is 0 Å². The second-order valence-corrected chi connectivity index (χ2v) is 4.76. The van der Waals surface area contributed by atoms with Gasteiger partial charge >= 0.3 is 6.18 Å². The monoisotopic (exact) mass is 303 g/mol. The Labute approximate surface area is 119 Å². The molecule has 0 spiro atoms. The molecule has 1 aromatic heterocycles. The molecule has 1 unspecified atom stereocenters. The van der Waals surface area contributed by atoms with Crippen molar-refractivity contribution in [1.29, 1.82) is 0 Å². The van der Waals surface area contributed by atoms with Crippen molar-refractivity contribution in [3.8, 4) is 5.88 Å². The van der Waals surface area contributed by atoms with Gasteiger partial charge in [-0.1, -0.05) is 0 Å². The van der Waals surface area contributed by atoms with Crippen LogP contribution in [-0.2, 0) is 0 Å². The molecule has 1 atom stereocenters. The molecule has 0 bridgehead atoms. The Hall–Kier alpha value is -1.83. The van der Waals surface area contributed by atoms with E-state index in [9.17, 15) is 18.0 Å². The molecular formula is C13H16F3N3O2. The van der Waals surface area contributed by atoms with Crippen LogP contribution in [0, 0.1) is 0 Å². The maximum absolute atomic E-state index is 12.2. The third-order valence-corrected chi connectivity index (χ3v) is 3.06. The SMILES string of the molecule is O=C(NCC1CCCN1)c1cccnc1OCC(F)(F)F. The van der Waals surface area contributed by atoms with Gasteiger partial charge < -0.3 is 15.4 Å². The first kappa shape index (κ1) is 15.6. The summed E-state index contributed by atoms with van der Waals surface area (Å²) in [5, 5.41) is 5.89. The maximum atomic E-state index is 12.2. The molecule has 0 saturated carbocycles. The summed E-state index contributed by atoms with van der Waals surface area (Å²) in [6.07, 6.45) is -1.18. The molecule has 1 aliphatic rings. The van der Waals surface area contributed by atoms with Gasteiger partial charge in [0.2, 0.25) is 5.88 Å². The number of alkyl halides is 3. The van der Waals surface area contributed by atoms with Gasteiger partial charge in [0.05, 0.1) is 0 Å². The summed E-state index contributed by atoms with van der Waals surface area (Å²) >= 11 is 0. The number of rotatable bonds is 5. The van der Waals surface area contributed by atoms with Gasteiger partial charge in [-0.05, 0) is 31.5 Å². The van der Waals surface area contributed by atoms with Crippen LogP contribution in [0.1, 0.15) is 23.2 Å². The smallest absolute Gasteiger partial charge is 0.422 e. The fourth-order valence-corrected chi connectivity index (χ4v) is 2.07. The molecule has 116 valence electrons. The third-order valence-electron chi connectivity index (χ3n) is 3.06. The molecular weight excluding hydrogens is 287 g/mol. The first-order valence-corrected chi connectivity index (χ1v) is 6.62. The summed E-state index contributed by atoms with van der Waals surface area (Å²) in [7, 11) is 0. The Bertz CT molecular complexity index is 488. The molecule has 8 heteroatoms. The Morgan fingerprint density at radius 1 is 1.52 bits per heavy atom. The first-order valence-electron chi connectivity index (χ1n) is 6.62. The zero-order valence-corrected chi connectivity index (χ0v) is 11.2. The maximum Gasteiger partial charge on any atom is 0.422 e. The number of amides is 1. The van der Waals surface area contributed by atoms with Gasteiger partial charge in [0.15, 0.2) is 6.61 Å². The van der Waals surface area contributed by atoms with Crippen molar-refractivity contribution in [2.24, 2.45) is 0 Å². The summed E-state index contributed by atoms with van der Waals surface area (Å²) < 4.78 is 41.1. The molecule has 1 amide bonds. The molecule has 0 aromatic carbocycles. The predicted molar refractivity (Wildman–Crippen MR) is 69.1 cm³/mol. The highest BCUT2D eigenvalue weighted by atomic mass is 19.4. The lowest BCUT2D eigenvalue weighted by molar-refractivity contribution is -0.154. The van der Waals surface area contributed by atoms with Crippen LogP contribution in [0.4, 0.5) is 13.2 Å². The molecule has 0 radical (unpaired) electrons. The van der Waals surface area contributed by atoms with Crippen LogP contribution >= 0.6 is 0 Å². The zero-order valence-electron chi connectivity index (χ0n) is 11.2. The number of aromatic nitrogens is 1.